The van der Waals surface area contributed by atoms with Gasteiger partial charge in [-0.05, 0) is 55.8 Å². The van der Waals surface area contributed by atoms with E-state index in [1.165, 1.54) is 5.56 Å². The smallest absolute Gasteiger partial charge is 0.265 e. The molecular formula is C20H22N4O2S. The Bertz CT molecular complexity index is 1030. The average molecular weight is 382 g/mol. The van der Waals surface area contributed by atoms with Crippen LogP contribution in [0.25, 0.3) is 10.2 Å². The summed E-state index contributed by atoms with van der Waals surface area (Å²) in [6, 6.07) is 5.90. The second-order valence-electron chi connectivity index (χ2n) is 6.84. The molecule has 7 heteroatoms. The Morgan fingerprint density at radius 2 is 2.15 bits per heavy atom. The van der Waals surface area contributed by atoms with E-state index in [9.17, 15) is 4.79 Å². The zero-order valence-electron chi connectivity index (χ0n) is 15.8. The average Bonchev–Trinajstić information content (AvgIpc) is 3.01. The maximum absolute atomic E-state index is 11.9. The minimum absolute atomic E-state index is 0.0217. The van der Waals surface area contributed by atoms with Crippen molar-refractivity contribution in [3.8, 4) is 5.75 Å². The maximum atomic E-state index is 11.9. The van der Waals surface area contributed by atoms with Crippen molar-refractivity contribution in [1.29, 1.82) is 0 Å². The van der Waals surface area contributed by atoms with E-state index in [1.807, 2.05) is 32.0 Å². The van der Waals surface area contributed by atoms with Gasteiger partial charge in [0.1, 0.15) is 22.2 Å². The Hall–Kier alpha value is -2.67. The Balaban J connectivity index is 1.64. The Morgan fingerprint density at radius 1 is 1.33 bits per heavy atom. The summed E-state index contributed by atoms with van der Waals surface area (Å²) < 4.78 is 5.87. The van der Waals surface area contributed by atoms with Gasteiger partial charge in [-0.15, -0.1) is 11.3 Å². The number of hydrogen-bond donors (Lipinski definition) is 2. The normalized spacial score (nSPS) is 17.2. The molecule has 4 rings (SSSR count). The van der Waals surface area contributed by atoms with Gasteiger partial charge in [-0.2, -0.15) is 0 Å². The number of ether oxygens (including phenoxy) is 1. The Morgan fingerprint density at radius 3 is 2.93 bits per heavy atom. The lowest BCUT2D eigenvalue weighted by atomic mass is 10.1. The van der Waals surface area contributed by atoms with Crippen molar-refractivity contribution in [3.63, 3.8) is 0 Å². The highest BCUT2D eigenvalue weighted by Gasteiger charge is 2.26. The molecule has 1 aliphatic heterocycles. The molecule has 0 saturated carbocycles. The van der Waals surface area contributed by atoms with E-state index in [2.05, 4.69) is 39.8 Å². The van der Waals surface area contributed by atoms with Crippen LogP contribution in [0.15, 0.2) is 23.6 Å². The van der Waals surface area contributed by atoms with Gasteiger partial charge in [0.15, 0.2) is 6.10 Å². The number of carbonyl (C=O) groups excluding carboxylic acids is 1. The summed E-state index contributed by atoms with van der Waals surface area (Å²) in [7, 11) is 0. The molecule has 27 heavy (non-hydrogen) atoms. The first-order valence-electron chi connectivity index (χ1n) is 9.06. The van der Waals surface area contributed by atoms with E-state index in [-0.39, 0.29) is 11.9 Å². The molecule has 0 aliphatic carbocycles. The van der Waals surface area contributed by atoms with E-state index in [0.29, 0.717) is 12.2 Å². The zero-order chi connectivity index (χ0) is 19.1. The number of anilines is 2. The predicted octanol–water partition coefficient (Wildman–Crippen LogP) is 4.59. The molecule has 0 spiro atoms. The van der Waals surface area contributed by atoms with Crippen LogP contribution in [0.3, 0.4) is 0 Å². The van der Waals surface area contributed by atoms with Crippen molar-refractivity contribution in [2.24, 2.45) is 0 Å². The van der Waals surface area contributed by atoms with Crippen LogP contribution >= 0.6 is 11.3 Å². The van der Waals surface area contributed by atoms with Gasteiger partial charge in [0.25, 0.3) is 5.91 Å². The van der Waals surface area contributed by atoms with E-state index in [0.717, 1.165) is 33.1 Å². The number of amides is 1. The maximum Gasteiger partial charge on any atom is 0.265 e. The monoisotopic (exact) mass is 382 g/mol. The first-order chi connectivity index (χ1) is 13.0. The fourth-order valence-electron chi connectivity index (χ4n) is 3.28. The van der Waals surface area contributed by atoms with Crippen LogP contribution in [-0.2, 0) is 4.79 Å². The summed E-state index contributed by atoms with van der Waals surface area (Å²) >= 11 is 1.64. The lowest BCUT2D eigenvalue weighted by Crippen LogP contribution is -2.36. The fourth-order valence-corrected chi connectivity index (χ4v) is 4.25. The highest BCUT2D eigenvalue weighted by atomic mass is 32.1. The Labute approximate surface area is 162 Å². The molecule has 0 fully saturated rings. The predicted molar refractivity (Wildman–Crippen MR) is 109 cm³/mol. The summed E-state index contributed by atoms with van der Waals surface area (Å²) in [4.78, 5) is 22.1. The number of aryl methyl sites for hydroxylation is 2. The molecule has 1 aromatic carbocycles. The van der Waals surface area contributed by atoms with Crippen molar-refractivity contribution < 1.29 is 9.53 Å². The highest BCUT2D eigenvalue weighted by Crippen LogP contribution is 2.35. The zero-order valence-corrected chi connectivity index (χ0v) is 16.6. The number of fused-ring (bicyclic) bond motifs is 2. The number of benzene rings is 1. The third-order valence-electron chi connectivity index (χ3n) is 4.78. The van der Waals surface area contributed by atoms with Crippen molar-refractivity contribution >= 4 is 39.0 Å². The van der Waals surface area contributed by atoms with E-state index >= 15 is 0 Å². The summed E-state index contributed by atoms with van der Waals surface area (Å²) in [6.45, 7) is 8.01. The molecule has 1 amide bonds. The number of rotatable bonds is 4. The minimum atomic E-state index is -0.436. The van der Waals surface area contributed by atoms with Crippen molar-refractivity contribution in [1.82, 2.24) is 9.97 Å². The van der Waals surface area contributed by atoms with E-state index in [1.54, 1.807) is 11.3 Å². The summed E-state index contributed by atoms with van der Waals surface area (Å²) in [5.41, 5.74) is 2.96. The van der Waals surface area contributed by atoms with Crippen LogP contribution in [0.2, 0.25) is 0 Å². The van der Waals surface area contributed by atoms with E-state index < -0.39 is 6.10 Å². The molecule has 2 N–H and O–H groups in total. The number of nitrogens with one attached hydrogen (secondary N) is 2. The van der Waals surface area contributed by atoms with Gasteiger partial charge in [0.2, 0.25) is 0 Å². The standard InChI is InChI=1S/C20H22N4O2S/c1-5-15-19(25)24-14-7-6-13(8-16(14)26-15)11(3)21-18-17-10(2)9-27-20(17)23-12(4)22-18/h6-9,11,15H,5H2,1-4H3,(H,24,25)(H,21,22,23). The fraction of sp³-hybridized carbons (Fsp3) is 0.350. The molecule has 6 nitrogen and oxygen atoms in total. The van der Waals surface area contributed by atoms with Crippen LogP contribution in [0, 0.1) is 13.8 Å². The first kappa shape index (κ1) is 17.7. The summed E-state index contributed by atoms with van der Waals surface area (Å²) in [6.07, 6.45) is 0.201. The summed E-state index contributed by atoms with van der Waals surface area (Å²) in [5.74, 6) is 2.22. The molecular weight excluding hydrogens is 360 g/mol. The van der Waals surface area contributed by atoms with Gasteiger partial charge in [-0.3, -0.25) is 4.79 Å². The number of thiophene rings is 1. The molecule has 0 radical (unpaired) electrons. The van der Waals surface area contributed by atoms with Crippen LogP contribution < -0.4 is 15.4 Å². The largest absolute Gasteiger partial charge is 0.478 e. The van der Waals surface area contributed by atoms with Crippen LogP contribution in [-0.4, -0.2) is 22.0 Å². The second-order valence-corrected chi connectivity index (χ2v) is 7.70. The summed E-state index contributed by atoms with van der Waals surface area (Å²) in [5, 5.41) is 9.61. The SMILES string of the molecule is CCC1Oc2cc(C(C)Nc3nc(C)nc4scc(C)c34)ccc2NC1=O. The molecule has 0 bridgehead atoms. The molecule has 0 saturated heterocycles. The van der Waals surface area contributed by atoms with Crippen LogP contribution in [0.4, 0.5) is 11.5 Å². The molecule has 2 unspecified atom stereocenters. The third-order valence-corrected chi connectivity index (χ3v) is 5.77. The molecule has 140 valence electrons. The lowest BCUT2D eigenvalue weighted by molar-refractivity contribution is -0.123. The molecule has 3 aromatic rings. The van der Waals surface area contributed by atoms with Gasteiger partial charge < -0.3 is 15.4 Å². The lowest BCUT2D eigenvalue weighted by Gasteiger charge is -2.26. The van der Waals surface area contributed by atoms with Crippen LogP contribution in [0.5, 0.6) is 5.75 Å². The van der Waals surface area contributed by atoms with Crippen molar-refractivity contribution in [2.45, 2.75) is 46.3 Å². The second kappa shape index (κ2) is 6.81. The van der Waals surface area contributed by atoms with Gasteiger partial charge in [0, 0.05) is 0 Å². The van der Waals surface area contributed by atoms with Crippen molar-refractivity contribution in [3.05, 3.63) is 40.5 Å². The molecule has 1 aliphatic rings. The first-order valence-corrected chi connectivity index (χ1v) is 9.94. The quantitative estimate of drug-likeness (QED) is 0.690. The third kappa shape index (κ3) is 3.23. The highest BCUT2D eigenvalue weighted by molar-refractivity contribution is 7.17. The van der Waals surface area contributed by atoms with Gasteiger partial charge in [-0.25, -0.2) is 9.97 Å². The van der Waals surface area contributed by atoms with Gasteiger partial charge in [0.05, 0.1) is 17.1 Å². The van der Waals surface area contributed by atoms with Gasteiger partial charge >= 0.3 is 0 Å². The number of nitrogens with zero attached hydrogens (tertiary/aromatic N) is 2. The number of aromatic nitrogens is 2. The minimum Gasteiger partial charge on any atom is -0.478 e. The van der Waals surface area contributed by atoms with E-state index in [4.69, 9.17) is 4.74 Å². The Kier molecular flexibility index (Phi) is 4.47. The van der Waals surface area contributed by atoms with Gasteiger partial charge in [-0.1, -0.05) is 13.0 Å². The topological polar surface area (TPSA) is 76.1 Å². The van der Waals surface area contributed by atoms with Crippen LogP contribution in [0.1, 0.15) is 43.3 Å². The van der Waals surface area contributed by atoms with Crippen molar-refractivity contribution in [2.75, 3.05) is 10.6 Å². The molecule has 2 aromatic heterocycles. The molecule has 2 atom stereocenters. The number of carbonyl (C=O) groups is 1. The number of hydrogen-bond acceptors (Lipinski definition) is 6. The molecule has 3 heterocycles.